The van der Waals surface area contributed by atoms with Crippen molar-refractivity contribution in [2.75, 3.05) is 11.9 Å². The standard InChI is InChI=1S/C18H17N5OS/c1-13-17(24)23(18(25)21-20-13)19-12-14-8-10-16(11-9-14)22(2)15-6-4-3-5-7-15/h3-12H,1-2H3,(H,21,25). The largest absolute Gasteiger partial charge is 0.345 e. The zero-order chi connectivity index (χ0) is 17.8. The molecule has 0 aliphatic carbocycles. The highest BCUT2D eigenvalue weighted by atomic mass is 32.1. The summed E-state index contributed by atoms with van der Waals surface area (Å²) >= 11 is 5.05. The minimum absolute atomic E-state index is 0.160. The van der Waals surface area contributed by atoms with E-state index in [0.29, 0.717) is 5.69 Å². The molecule has 126 valence electrons. The van der Waals surface area contributed by atoms with Crippen LogP contribution in [-0.4, -0.2) is 28.1 Å². The first-order valence-electron chi connectivity index (χ1n) is 7.68. The van der Waals surface area contributed by atoms with Gasteiger partial charge in [-0.2, -0.15) is 14.9 Å². The maximum absolute atomic E-state index is 12.0. The van der Waals surface area contributed by atoms with Crippen molar-refractivity contribution in [3.05, 3.63) is 81.0 Å². The molecule has 0 unspecified atom stereocenters. The van der Waals surface area contributed by atoms with Crippen molar-refractivity contribution in [1.29, 1.82) is 0 Å². The quantitative estimate of drug-likeness (QED) is 0.579. The Morgan fingerprint density at radius 2 is 1.76 bits per heavy atom. The number of nitrogens with one attached hydrogen (secondary N) is 1. The summed E-state index contributed by atoms with van der Waals surface area (Å²) in [5.41, 5.74) is 3.00. The third kappa shape index (κ3) is 3.72. The van der Waals surface area contributed by atoms with Crippen LogP contribution in [0.4, 0.5) is 11.4 Å². The third-order valence-corrected chi connectivity index (χ3v) is 4.02. The van der Waals surface area contributed by atoms with E-state index in [-0.39, 0.29) is 10.3 Å². The van der Waals surface area contributed by atoms with Crippen molar-refractivity contribution in [2.45, 2.75) is 6.92 Å². The zero-order valence-electron chi connectivity index (χ0n) is 13.9. The van der Waals surface area contributed by atoms with Gasteiger partial charge < -0.3 is 4.90 Å². The third-order valence-electron chi connectivity index (χ3n) is 3.76. The molecular weight excluding hydrogens is 334 g/mol. The summed E-state index contributed by atoms with van der Waals surface area (Å²) in [6.07, 6.45) is 1.59. The van der Waals surface area contributed by atoms with Gasteiger partial charge in [-0.05, 0) is 49.0 Å². The van der Waals surface area contributed by atoms with Crippen molar-refractivity contribution in [3.8, 4) is 0 Å². The normalized spacial score (nSPS) is 11.0. The molecule has 1 N–H and O–H groups in total. The molecule has 0 radical (unpaired) electrons. The van der Waals surface area contributed by atoms with Crippen LogP contribution in [0.3, 0.4) is 0 Å². The molecule has 0 fully saturated rings. The number of H-pyrrole nitrogens is 1. The van der Waals surface area contributed by atoms with Crippen LogP contribution >= 0.6 is 12.2 Å². The molecule has 0 spiro atoms. The molecule has 3 aromatic rings. The number of aryl methyl sites for hydroxylation is 1. The summed E-state index contributed by atoms with van der Waals surface area (Å²) in [5.74, 6) is 0. The van der Waals surface area contributed by atoms with Gasteiger partial charge in [-0.3, -0.25) is 9.89 Å². The highest BCUT2D eigenvalue weighted by Gasteiger charge is 2.03. The summed E-state index contributed by atoms with van der Waals surface area (Å²) in [7, 11) is 2.01. The molecule has 1 aromatic heterocycles. The van der Waals surface area contributed by atoms with E-state index in [0.717, 1.165) is 21.6 Å². The van der Waals surface area contributed by atoms with Crippen LogP contribution in [0, 0.1) is 11.7 Å². The average molecular weight is 351 g/mol. The molecule has 25 heavy (non-hydrogen) atoms. The van der Waals surface area contributed by atoms with Gasteiger partial charge >= 0.3 is 0 Å². The summed E-state index contributed by atoms with van der Waals surface area (Å²) in [6.45, 7) is 1.60. The number of nitrogens with zero attached hydrogens (tertiary/aromatic N) is 4. The highest BCUT2D eigenvalue weighted by molar-refractivity contribution is 7.71. The lowest BCUT2D eigenvalue weighted by Crippen LogP contribution is -2.22. The van der Waals surface area contributed by atoms with Crippen molar-refractivity contribution in [2.24, 2.45) is 5.10 Å². The van der Waals surface area contributed by atoms with E-state index in [2.05, 4.69) is 32.3 Å². The monoisotopic (exact) mass is 351 g/mol. The van der Waals surface area contributed by atoms with Crippen LogP contribution in [0.2, 0.25) is 0 Å². The molecular formula is C18H17N5OS. The molecule has 0 atom stereocenters. The molecule has 0 saturated carbocycles. The van der Waals surface area contributed by atoms with E-state index >= 15 is 0 Å². The van der Waals surface area contributed by atoms with Crippen LogP contribution in [0.25, 0.3) is 0 Å². The SMILES string of the molecule is Cc1n[nH]c(=S)n(N=Cc2ccc(N(C)c3ccccc3)cc2)c1=O. The Bertz CT molecular complexity index is 1010. The number of rotatable bonds is 4. The smallest absolute Gasteiger partial charge is 0.296 e. The number of aromatic amines is 1. The molecule has 3 rings (SSSR count). The molecule has 0 aliphatic rings. The van der Waals surface area contributed by atoms with E-state index in [1.165, 1.54) is 0 Å². The number of hydrogen-bond acceptors (Lipinski definition) is 5. The zero-order valence-corrected chi connectivity index (χ0v) is 14.7. The summed E-state index contributed by atoms with van der Waals surface area (Å²) < 4.78 is 1.29. The topological polar surface area (TPSA) is 66.3 Å². The number of hydrogen-bond donors (Lipinski definition) is 1. The van der Waals surface area contributed by atoms with Gasteiger partial charge in [0, 0.05) is 18.4 Å². The van der Waals surface area contributed by atoms with Crippen LogP contribution in [-0.2, 0) is 0 Å². The molecule has 1 heterocycles. The minimum Gasteiger partial charge on any atom is -0.345 e. The number of para-hydroxylation sites is 1. The lowest BCUT2D eigenvalue weighted by atomic mass is 10.2. The highest BCUT2D eigenvalue weighted by Crippen LogP contribution is 2.22. The number of benzene rings is 2. The maximum Gasteiger partial charge on any atom is 0.296 e. The molecule has 6 nitrogen and oxygen atoms in total. The Hall–Kier alpha value is -3.06. The second-order valence-electron chi connectivity index (χ2n) is 5.46. The first-order valence-corrected chi connectivity index (χ1v) is 8.08. The Labute approximate surface area is 150 Å². The van der Waals surface area contributed by atoms with Crippen molar-refractivity contribution in [3.63, 3.8) is 0 Å². The van der Waals surface area contributed by atoms with Crippen LogP contribution in [0.15, 0.2) is 64.5 Å². The molecule has 0 saturated heterocycles. The summed E-state index contributed by atoms with van der Waals surface area (Å²) in [4.78, 5) is 14.1. The molecule has 0 bridgehead atoms. The number of anilines is 2. The van der Waals surface area contributed by atoms with E-state index in [1.54, 1.807) is 13.1 Å². The fourth-order valence-corrected chi connectivity index (χ4v) is 2.46. The lowest BCUT2D eigenvalue weighted by Gasteiger charge is -2.19. The van der Waals surface area contributed by atoms with Gasteiger partial charge in [-0.25, -0.2) is 0 Å². The fourth-order valence-electron chi connectivity index (χ4n) is 2.29. The Morgan fingerprint density at radius 1 is 1.12 bits per heavy atom. The Kier molecular flexibility index (Phi) is 4.85. The molecule has 0 aliphatic heterocycles. The van der Waals surface area contributed by atoms with E-state index in [4.69, 9.17) is 12.2 Å². The van der Waals surface area contributed by atoms with Crippen LogP contribution in [0.5, 0.6) is 0 Å². The first kappa shape index (κ1) is 16.8. The number of aromatic nitrogens is 3. The van der Waals surface area contributed by atoms with Gasteiger partial charge in [0.1, 0.15) is 5.69 Å². The predicted octanol–water partition coefficient (Wildman–Crippen LogP) is 3.26. The van der Waals surface area contributed by atoms with Gasteiger partial charge in [0.2, 0.25) is 4.77 Å². The lowest BCUT2D eigenvalue weighted by molar-refractivity contribution is 0.720. The van der Waals surface area contributed by atoms with Crippen molar-refractivity contribution >= 4 is 29.8 Å². The van der Waals surface area contributed by atoms with Crippen LogP contribution in [0.1, 0.15) is 11.3 Å². The van der Waals surface area contributed by atoms with E-state index < -0.39 is 0 Å². The molecule has 0 amide bonds. The van der Waals surface area contributed by atoms with E-state index in [1.807, 2.05) is 49.5 Å². The summed E-state index contributed by atoms with van der Waals surface area (Å²) in [6, 6.07) is 18.0. The predicted molar refractivity (Wildman–Crippen MR) is 102 cm³/mol. The first-order chi connectivity index (χ1) is 12.1. The second kappa shape index (κ2) is 7.23. The van der Waals surface area contributed by atoms with Gasteiger partial charge in [-0.15, -0.1) is 0 Å². The fraction of sp³-hybridized carbons (Fsp3) is 0.111. The van der Waals surface area contributed by atoms with Gasteiger partial charge in [0.05, 0.1) is 6.21 Å². The van der Waals surface area contributed by atoms with Gasteiger partial charge in [-0.1, -0.05) is 30.3 Å². The van der Waals surface area contributed by atoms with Crippen LogP contribution < -0.4 is 10.5 Å². The van der Waals surface area contributed by atoms with Crippen molar-refractivity contribution in [1.82, 2.24) is 14.9 Å². The Morgan fingerprint density at radius 3 is 2.44 bits per heavy atom. The van der Waals surface area contributed by atoms with Crippen molar-refractivity contribution < 1.29 is 0 Å². The van der Waals surface area contributed by atoms with Gasteiger partial charge in [0.25, 0.3) is 5.56 Å². The second-order valence-corrected chi connectivity index (χ2v) is 5.85. The summed E-state index contributed by atoms with van der Waals surface area (Å²) in [5, 5.41) is 10.6. The van der Waals surface area contributed by atoms with Gasteiger partial charge in [0.15, 0.2) is 0 Å². The maximum atomic E-state index is 12.0. The molecule has 7 heteroatoms. The van der Waals surface area contributed by atoms with E-state index in [9.17, 15) is 4.79 Å². The minimum atomic E-state index is -0.333. The average Bonchev–Trinajstić information content (AvgIpc) is 2.65. The molecule has 2 aromatic carbocycles. The Balaban J connectivity index is 1.83.